The molecule has 33 heavy (non-hydrogen) atoms. The zero-order valence-corrected chi connectivity index (χ0v) is 18.5. The Labute approximate surface area is 192 Å². The first-order valence-electron chi connectivity index (χ1n) is 11.1. The van der Waals surface area contributed by atoms with Gasteiger partial charge in [0, 0.05) is 32.5 Å². The van der Waals surface area contributed by atoms with Crippen LogP contribution in [-0.4, -0.2) is 42.2 Å². The number of nitrogens with zero attached hydrogens (tertiary/aromatic N) is 2. The van der Waals surface area contributed by atoms with Crippen LogP contribution in [0.15, 0.2) is 73.1 Å². The average Bonchev–Trinajstić information content (AvgIpc) is 3.11. The van der Waals surface area contributed by atoms with Gasteiger partial charge in [-0.05, 0) is 33.9 Å². The Hall–Kier alpha value is -3.35. The van der Waals surface area contributed by atoms with Crippen molar-refractivity contribution in [1.29, 1.82) is 0 Å². The van der Waals surface area contributed by atoms with Gasteiger partial charge >= 0.3 is 0 Å². The molecule has 3 aromatic rings. The number of methoxy groups -OCH3 is 2. The van der Waals surface area contributed by atoms with E-state index in [9.17, 15) is 9.59 Å². The molecule has 2 unspecified atom stereocenters. The van der Waals surface area contributed by atoms with Gasteiger partial charge in [-0.1, -0.05) is 54.6 Å². The Bertz CT molecular complexity index is 1210. The van der Waals surface area contributed by atoms with Gasteiger partial charge in [0.15, 0.2) is 6.29 Å². The molecule has 1 aliphatic heterocycles. The summed E-state index contributed by atoms with van der Waals surface area (Å²) in [4.78, 5) is 33.6. The molecule has 2 atom stereocenters. The lowest BCUT2D eigenvalue weighted by atomic mass is 9.47. The van der Waals surface area contributed by atoms with Gasteiger partial charge in [-0.25, -0.2) is 0 Å². The number of hydrogen-bond donors (Lipinski definition) is 0. The lowest BCUT2D eigenvalue weighted by Gasteiger charge is -2.56. The normalized spacial score (nSPS) is 27.0. The lowest BCUT2D eigenvalue weighted by molar-refractivity contribution is -0.169. The smallest absolute Gasteiger partial charge is 0.234 e. The SMILES string of the molecule is COC(OC)C12c3ccccc3C(c3ccccc31)C1C(=O)N(Cc3cccnc3)C(=O)C12. The third kappa shape index (κ3) is 2.48. The van der Waals surface area contributed by atoms with Crippen molar-refractivity contribution in [2.24, 2.45) is 11.8 Å². The third-order valence-corrected chi connectivity index (χ3v) is 7.64. The van der Waals surface area contributed by atoms with Gasteiger partial charge in [0.25, 0.3) is 0 Å². The highest BCUT2D eigenvalue weighted by Gasteiger charge is 2.70. The Balaban J connectivity index is 1.61. The fourth-order valence-electron chi connectivity index (χ4n) is 6.59. The molecule has 6 nitrogen and oxygen atoms in total. The van der Waals surface area contributed by atoms with Crippen LogP contribution in [0, 0.1) is 11.8 Å². The highest BCUT2D eigenvalue weighted by molar-refractivity contribution is 6.08. The fourth-order valence-corrected chi connectivity index (χ4v) is 6.59. The van der Waals surface area contributed by atoms with Crippen LogP contribution in [0.1, 0.15) is 33.7 Å². The molecule has 4 aliphatic rings. The number of amides is 2. The molecule has 7 rings (SSSR count). The van der Waals surface area contributed by atoms with E-state index in [1.807, 2.05) is 36.4 Å². The van der Waals surface area contributed by atoms with E-state index in [1.165, 1.54) is 4.90 Å². The number of likely N-dealkylation sites (tertiary alicyclic amines) is 1. The van der Waals surface area contributed by atoms with E-state index < -0.39 is 23.5 Å². The number of aromatic nitrogens is 1. The van der Waals surface area contributed by atoms with Crippen molar-refractivity contribution in [3.63, 3.8) is 0 Å². The van der Waals surface area contributed by atoms with E-state index >= 15 is 0 Å². The quantitative estimate of drug-likeness (QED) is 0.450. The molecule has 0 saturated carbocycles. The standard InChI is InChI=1S/C27H24N2O4/c1-32-26(33-2)27-19-11-5-3-9-17(19)21(18-10-4-6-12-20(18)27)22-23(27)25(31)29(24(22)30)15-16-8-7-13-28-14-16/h3-14,21-23,26H,15H2,1-2H3. The van der Waals surface area contributed by atoms with Crippen LogP contribution >= 0.6 is 0 Å². The van der Waals surface area contributed by atoms with Gasteiger partial charge in [0.1, 0.15) is 0 Å². The highest BCUT2D eigenvalue weighted by Crippen LogP contribution is 2.65. The molecule has 1 aromatic heterocycles. The number of benzene rings is 2. The predicted octanol–water partition coefficient (Wildman–Crippen LogP) is 3.25. The van der Waals surface area contributed by atoms with E-state index in [1.54, 1.807) is 26.6 Å². The number of rotatable bonds is 5. The molecule has 0 N–H and O–H groups in total. The maximum Gasteiger partial charge on any atom is 0.234 e. The topological polar surface area (TPSA) is 68.7 Å². The van der Waals surface area contributed by atoms with E-state index in [0.717, 1.165) is 27.8 Å². The van der Waals surface area contributed by atoms with Crippen molar-refractivity contribution in [1.82, 2.24) is 9.88 Å². The summed E-state index contributed by atoms with van der Waals surface area (Å²) in [6, 6.07) is 19.9. The molecule has 166 valence electrons. The summed E-state index contributed by atoms with van der Waals surface area (Å²) in [7, 11) is 3.19. The molecule has 0 spiro atoms. The van der Waals surface area contributed by atoms with Crippen molar-refractivity contribution in [2.45, 2.75) is 24.2 Å². The van der Waals surface area contributed by atoms with Gasteiger partial charge in [0.05, 0.1) is 23.8 Å². The molecular formula is C27H24N2O4. The Morgan fingerprint density at radius 2 is 1.55 bits per heavy atom. The van der Waals surface area contributed by atoms with Gasteiger partial charge in [-0.2, -0.15) is 0 Å². The summed E-state index contributed by atoms with van der Waals surface area (Å²) in [5.74, 6) is -1.62. The Morgan fingerprint density at radius 3 is 2.12 bits per heavy atom. The van der Waals surface area contributed by atoms with Gasteiger partial charge in [-0.15, -0.1) is 0 Å². The zero-order valence-electron chi connectivity index (χ0n) is 18.5. The number of imide groups is 1. The molecule has 1 saturated heterocycles. The second-order valence-electron chi connectivity index (χ2n) is 8.95. The predicted molar refractivity (Wildman–Crippen MR) is 120 cm³/mol. The number of ether oxygens (including phenoxy) is 2. The first-order chi connectivity index (χ1) is 16.1. The van der Waals surface area contributed by atoms with Gasteiger partial charge in [0.2, 0.25) is 11.8 Å². The van der Waals surface area contributed by atoms with E-state index in [2.05, 4.69) is 29.2 Å². The minimum atomic E-state index is -0.924. The number of pyridine rings is 1. The van der Waals surface area contributed by atoms with Crippen molar-refractivity contribution >= 4 is 11.8 Å². The Morgan fingerprint density at radius 1 is 0.909 bits per heavy atom. The average molecular weight is 440 g/mol. The molecule has 3 aliphatic carbocycles. The van der Waals surface area contributed by atoms with Crippen molar-refractivity contribution in [3.8, 4) is 0 Å². The first kappa shape index (κ1) is 20.3. The van der Waals surface area contributed by atoms with E-state index in [0.29, 0.717) is 0 Å². The van der Waals surface area contributed by atoms with Crippen molar-refractivity contribution < 1.29 is 19.1 Å². The lowest BCUT2D eigenvalue weighted by Crippen LogP contribution is -2.60. The van der Waals surface area contributed by atoms with E-state index in [4.69, 9.17) is 9.47 Å². The van der Waals surface area contributed by atoms with Crippen LogP contribution in [0.4, 0.5) is 0 Å². The Kier molecular flexibility index (Phi) is 4.50. The minimum Gasteiger partial charge on any atom is -0.355 e. The summed E-state index contributed by atoms with van der Waals surface area (Å²) < 4.78 is 11.8. The maximum absolute atomic E-state index is 14.1. The van der Waals surface area contributed by atoms with Gasteiger partial charge < -0.3 is 9.47 Å². The van der Waals surface area contributed by atoms with Crippen LogP contribution < -0.4 is 0 Å². The number of carbonyl (C=O) groups is 2. The second-order valence-corrected chi connectivity index (χ2v) is 8.95. The largest absolute Gasteiger partial charge is 0.355 e. The summed E-state index contributed by atoms with van der Waals surface area (Å²) in [6.45, 7) is 0.207. The summed E-state index contributed by atoms with van der Waals surface area (Å²) >= 11 is 0. The molecule has 2 heterocycles. The number of carbonyl (C=O) groups excluding carboxylic acids is 2. The van der Waals surface area contributed by atoms with Crippen LogP contribution in [0.25, 0.3) is 0 Å². The molecule has 0 radical (unpaired) electrons. The molecule has 2 aromatic carbocycles. The van der Waals surface area contributed by atoms with Crippen molar-refractivity contribution in [3.05, 3.63) is 101 Å². The minimum absolute atomic E-state index is 0.141. The summed E-state index contributed by atoms with van der Waals surface area (Å²) in [5.41, 5.74) is 4.05. The summed E-state index contributed by atoms with van der Waals surface area (Å²) in [6.07, 6.45) is 2.65. The zero-order chi connectivity index (χ0) is 22.7. The first-order valence-corrected chi connectivity index (χ1v) is 11.1. The monoisotopic (exact) mass is 440 g/mol. The molecule has 1 fully saturated rings. The highest BCUT2D eigenvalue weighted by atomic mass is 16.7. The molecule has 6 heteroatoms. The second kappa shape index (κ2) is 7.33. The molecule has 2 amide bonds. The maximum atomic E-state index is 14.1. The van der Waals surface area contributed by atoms with Gasteiger partial charge in [-0.3, -0.25) is 19.5 Å². The molecule has 2 bridgehead atoms. The van der Waals surface area contributed by atoms with E-state index in [-0.39, 0.29) is 24.3 Å². The summed E-state index contributed by atoms with van der Waals surface area (Å²) in [5, 5.41) is 0. The van der Waals surface area contributed by atoms with Crippen LogP contribution in [0.3, 0.4) is 0 Å². The van der Waals surface area contributed by atoms with Crippen LogP contribution in [-0.2, 0) is 31.0 Å². The fraction of sp³-hybridized carbons (Fsp3) is 0.296. The van der Waals surface area contributed by atoms with Crippen LogP contribution in [0.5, 0.6) is 0 Å². The van der Waals surface area contributed by atoms with Crippen molar-refractivity contribution in [2.75, 3.05) is 14.2 Å². The number of hydrogen-bond acceptors (Lipinski definition) is 5. The molecular weight excluding hydrogens is 416 g/mol. The van der Waals surface area contributed by atoms with Crippen LogP contribution in [0.2, 0.25) is 0 Å². The third-order valence-electron chi connectivity index (χ3n) is 7.64.